The summed E-state index contributed by atoms with van der Waals surface area (Å²) in [5, 5.41) is 19.8. The fraction of sp³-hybridized carbons (Fsp3) is 0.0769. The van der Waals surface area contributed by atoms with E-state index in [-0.39, 0.29) is 27.6 Å². The van der Waals surface area contributed by atoms with Gasteiger partial charge in [0.15, 0.2) is 37.9 Å². The van der Waals surface area contributed by atoms with Gasteiger partial charge in [-0.2, -0.15) is 0 Å². The molecule has 7 N–H and O–H groups in total. The molecular formula is C26H27BF4N2O7. The number of rotatable bonds is 7. The molecule has 0 unspecified atom stereocenters. The summed E-state index contributed by atoms with van der Waals surface area (Å²) in [6.07, 6.45) is 7.99. The Kier molecular flexibility index (Phi) is 13.9. The van der Waals surface area contributed by atoms with Gasteiger partial charge >= 0.3 is 13.2 Å². The van der Waals surface area contributed by atoms with E-state index in [1.54, 1.807) is 36.4 Å². The molecule has 0 spiro atoms. The molecule has 0 atom stereocenters. The molecule has 4 aromatic rings. The largest absolute Gasteiger partial charge is 0.673 e. The van der Waals surface area contributed by atoms with Crippen molar-refractivity contribution in [1.82, 2.24) is 0 Å². The molecule has 0 aliphatic heterocycles. The van der Waals surface area contributed by atoms with Crippen LogP contribution < -0.4 is 14.2 Å². The maximum Gasteiger partial charge on any atom is 0.673 e. The molecule has 0 saturated carbocycles. The van der Waals surface area contributed by atoms with Gasteiger partial charge in [0, 0.05) is 35.4 Å². The molecule has 2 aromatic heterocycles. The van der Waals surface area contributed by atoms with Crippen molar-refractivity contribution < 1.29 is 62.6 Å². The van der Waals surface area contributed by atoms with Gasteiger partial charge in [-0.1, -0.05) is 36.4 Å². The van der Waals surface area contributed by atoms with Crippen molar-refractivity contribution in [2.45, 2.75) is 13.1 Å². The summed E-state index contributed by atoms with van der Waals surface area (Å²) in [5.41, 5.74) is 4.67. The van der Waals surface area contributed by atoms with E-state index >= 15 is 0 Å². The Bertz CT molecular complexity index is 1250. The molecule has 40 heavy (non-hydrogen) atoms. The molecule has 4 rings (SSSR count). The first-order valence-corrected chi connectivity index (χ1v) is 11.0. The zero-order chi connectivity index (χ0) is 27.0. The highest BCUT2D eigenvalue weighted by Crippen LogP contribution is 2.16. The van der Waals surface area contributed by atoms with E-state index in [1.807, 2.05) is 70.3 Å². The molecule has 14 heteroatoms. The van der Waals surface area contributed by atoms with Crippen molar-refractivity contribution in [3.63, 3.8) is 0 Å². The van der Waals surface area contributed by atoms with E-state index in [0.29, 0.717) is 13.1 Å². The first-order valence-electron chi connectivity index (χ1n) is 11.0. The first-order chi connectivity index (χ1) is 17.5. The third-order valence-corrected chi connectivity index (χ3v) is 5.24. The highest BCUT2D eigenvalue weighted by atomic mass is 19.5. The van der Waals surface area contributed by atoms with Crippen molar-refractivity contribution in [3.8, 4) is 11.1 Å². The van der Waals surface area contributed by atoms with Gasteiger partial charge in [0.1, 0.15) is 0 Å². The second kappa shape index (κ2) is 15.7. The summed E-state index contributed by atoms with van der Waals surface area (Å²) in [6.45, 7) is 1.30. The number of aromatic carboxylic acids is 2. The maximum atomic E-state index is 11.0. The van der Waals surface area contributed by atoms with Crippen molar-refractivity contribution in [3.05, 3.63) is 120 Å². The van der Waals surface area contributed by atoms with Gasteiger partial charge in [-0.25, -0.2) is 13.9 Å². The van der Waals surface area contributed by atoms with Gasteiger partial charge in [0.2, 0.25) is 0 Å². The number of carboxylic acid groups (broad SMARTS) is 2. The Morgan fingerprint density at radius 3 is 1.20 bits per heavy atom. The van der Waals surface area contributed by atoms with Crippen molar-refractivity contribution in [1.29, 1.82) is 0 Å². The predicted molar refractivity (Wildman–Crippen MR) is 136 cm³/mol. The van der Waals surface area contributed by atoms with Crippen LogP contribution in [0.5, 0.6) is 0 Å². The van der Waals surface area contributed by atoms with Crippen LogP contribution in [0.1, 0.15) is 31.8 Å². The van der Waals surface area contributed by atoms with Crippen LogP contribution >= 0.6 is 0 Å². The lowest BCUT2D eigenvalue weighted by atomic mass is 10.1. The van der Waals surface area contributed by atoms with Crippen LogP contribution in [-0.2, 0) is 13.1 Å². The molecule has 0 aliphatic rings. The molecule has 0 amide bonds. The lowest BCUT2D eigenvalue weighted by molar-refractivity contribution is -0.688. The Balaban J connectivity index is 0.00000175. The summed E-state index contributed by atoms with van der Waals surface area (Å²) in [4.78, 5) is 21.8. The molecule has 0 saturated heterocycles. The lowest BCUT2D eigenvalue weighted by Crippen LogP contribution is -2.33. The number of halogens is 4. The average Bonchev–Trinajstić information content (AvgIpc) is 2.85. The second-order valence-corrected chi connectivity index (χ2v) is 8.00. The van der Waals surface area contributed by atoms with Crippen molar-refractivity contribution >= 4 is 19.2 Å². The van der Waals surface area contributed by atoms with E-state index in [9.17, 15) is 32.0 Å². The number of nitrogens with zero attached hydrogens (tertiary/aromatic N) is 2. The van der Waals surface area contributed by atoms with Gasteiger partial charge in [0.25, 0.3) is 0 Å². The number of hydrogen-bond donors (Lipinski definition) is 1. The summed E-state index contributed by atoms with van der Waals surface area (Å²) in [5.74, 6) is -2.10. The summed E-state index contributed by atoms with van der Waals surface area (Å²) >= 11 is 0. The normalized spacial score (nSPS) is 10.0. The Labute approximate surface area is 226 Å². The predicted octanol–water partition coefficient (Wildman–Crippen LogP) is 0.913. The molecule has 2 heterocycles. The smallest absolute Gasteiger partial charge is 0.545 e. The van der Waals surface area contributed by atoms with Gasteiger partial charge in [-0.3, -0.25) is 0 Å². The quantitative estimate of drug-likeness (QED) is 0.199. The molecule has 0 bridgehead atoms. The van der Waals surface area contributed by atoms with Crippen LogP contribution in [0.15, 0.2) is 97.6 Å². The minimum absolute atomic E-state index is 0. The SMILES string of the molecule is F[B-](F)(F)F.O.O.O.O=C([O-])c1ccc(C[n+]2ccc(-c3cc[n+](Cc4ccc(C(=O)O)cc4)cc3)cc2)cc1. The second-order valence-electron chi connectivity index (χ2n) is 8.00. The average molecular weight is 566 g/mol. The van der Waals surface area contributed by atoms with Gasteiger partial charge in [0.05, 0.1) is 11.5 Å². The summed E-state index contributed by atoms with van der Waals surface area (Å²) in [6, 6.07) is 21.7. The van der Waals surface area contributed by atoms with E-state index in [4.69, 9.17) is 5.11 Å². The molecule has 0 aliphatic carbocycles. The number of benzene rings is 2. The van der Waals surface area contributed by atoms with E-state index in [0.717, 1.165) is 22.3 Å². The van der Waals surface area contributed by atoms with Crippen molar-refractivity contribution in [2.24, 2.45) is 0 Å². The van der Waals surface area contributed by atoms with Crippen LogP contribution in [0.2, 0.25) is 0 Å². The van der Waals surface area contributed by atoms with Crippen molar-refractivity contribution in [2.75, 3.05) is 0 Å². The standard InChI is InChI=1S/C26H20N2O4.BF4.3H2O/c29-25(30)23-5-1-19(2-6-23)17-27-13-9-21(10-14-27)22-11-15-28(16-12-22)18-20-3-7-24(8-4-20)26(31)32;2-1(3,4)5;;;/h1-16H,17-18H2;;3*1H2/q;-1;;;/p+1. The van der Waals surface area contributed by atoms with E-state index in [1.165, 1.54) is 0 Å². The zero-order valence-corrected chi connectivity index (χ0v) is 20.8. The topological polar surface area (TPSA) is 180 Å². The van der Waals surface area contributed by atoms with Gasteiger partial charge < -0.3 is 48.7 Å². The number of carboxylic acids is 2. The van der Waals surface area contributed by atoms with Crippen LogP contribution in [0.3, 0.4) is 0 Å². The van der Waals surface area contributed by atoms with E-state index in [2.05, 4.69) is 0 Å². The highest BCUT2D eigenvalue weighted by molar-refractivity contribution is 6.50. The lowest BCUT2D eigenvalue weighted by Gasteiger charge is -2.04. The Morgan fingerprint density at radius 1 is 0.625 bits per heavy atom. The number of hydrogen-bond acceptors (Lipinski definition) is 3. The molecule has 214 valence electrons. The van der Waals surface area contributed by atoms with Crippen LogP contribution in [0.4, 0.5) is 17.3 Å². The molecular weight excluding hydrogens is 539 g/mol. The first kappa shape index (κ1) is 35.3. The fourth-order valence-electron chi connectivity index (χ4n) is 3.43. The molecule has 2 aromatic carbocycles. The van der Waals surface area contributed by atoms with Gasteiger partial charge in [-0.05, 0) is 28.8 Å². The molecule has 9 nitrogen and oxygen atoms in total. The van der Waals surface area contributed by atoms with Crippen LogP contribution in [-0.4, -0.2) is 40.7 Å². The highest BCUT2D eigenvalue weighted by Gasteiger charge is 2.20. The monoisotopic (exact) mass is 566 g/mol. The number of aromatic nitrogens is 2. The van der Waals surface area contributed by atoms with Gasteiger partial charge in [-0.15, -0.1) is 0 Å². The van der Waals surface area contributed by atoms with E-state index < -0.39 is 19.2 Å². The summed E-state index contributed by atoms with van der Waals surface area (Å²) in [7, 11) is -6.00. The third-order valence-electron chi connectivity index (χ3n) is 5.24. The molecule has 0 radical (unpaired) electrons. The Morgan fingerprint density at radius 2 is 0.925 bits per heavy atom. The van der Waals surface area contributed by atoms with Crippen LogP contribution in [0.25, 0.3) is 11.1 Å². The number of carbonyl (C=O) groups is 2. The zero-order valence-electron chi connectivity index (χ0n) is 20.8. The minimum Gasteiger partial charge on any atom is -0.545 e. The summed E-state index contributed by atoms with van der Waals surface area (Å²) < 4.78 is 43.1. The molecule has 0 fully saturated rings. The fourth-order valence-corrected chi connectivity index (χ4v) is 3.43. The number of pyridine rings is 2. The number of carbonyl (C=O) groups excluding carboxylic acids is 1. The van der Waals surface area contributed by atoms with Crippen LogP contribution in [0, 0.1) is 0 Å². The Hall–Kier alpha value is -4.66. The third kappa shape index (κ3) is 11.4. The maximum absolute atomic E-state index is 11.0. The minimum atomic E-state index is -6.00.